The fourth-order valence-electron chi connectivity index (χ4n) is 1.69. The third-order valence-electron chi connectivity index (χ3n) is 2.69. The van der Waals surface area contributed by atoms with Crippen LogP contribution in [0.1, 0.15) is 15.4 Å². The summed E-state index contributed by atoms with van der Waals surface area (Å²) in [6.07, 6.45) is 1.57. The molecule has 0 atom stereocenters. The van der Waals surface area contributed by atoms with E-state index >= 15 is 0 Å². The Morgan fingerprint density at radius 2 is 2.19 bits per heavy atom. The van der Waals surface area contributed by atoms with Crippen LogP contribution >= 0.6 is 22.9 Å². The van der Waals surface area contributed by atoms with Crippen LogP contribution in [0.3, 0.4) is 0 Å². The Bertz CT molecular complexity index is 762. The lowest BCUT2D eigenvalue weighted by molar-refractivity contribution is 0.550. The molecule has 9 heteroatoms. The van der Waals surface area contributed by atoms with E-state index in [1.807, 2.05) is 6.92 Å². The normalized spacial score (nSPS) is 11.8. The van der Waals surface area contributed by atoms with Crippen LogP contribution < -0.4 is 10.5 Å². The van der Waals surface area contributed by atoms with Crippen molar-refractivity contribution in [3.8, 4) is 0 Å². The predicted octanol–water partition coefficient (Wildman–Crippen LogP) is 2.18. The number of nitrogens with one attached hydrogen (secondary N) is 1. The smallest absolute Gasteiger partial charge is 0.243 e. The number of benzene rings is 1. The van der Waals surface area contributed by atoms with Crippen LogP contribution in [0.2, 0.25) is 5.02 Å². The largest absolute Gasteiger partial charge is 0.326 e. The van der Waals surface area contributed by atoms with Crippen LogP contribution in [-0.2, 0) is 23.1 Å². The molecule has 1 aromatic carbocycles. The SMILES string of the molecule is Cc1ncc(CNS(=O)(=O)c2cc(Cl)cc(CN)c2F)s1. The van der Waals surface area contributed by atoms with Crippen molar-refractivity contribution in [1.29, 1.82) is 0 Å². The van der Waals surface area contributed by atoms with E-state index in [2.05, 4.69) is 9.71 Å². The minimum absolute atomic E-state index is 0.0394. The highest BCUT2D eigenvalue weighted by Gasteiger charge is 2.22. The van der Waals surface area contributed by atoms with E-state index < -0.39 is 20.7 Å². The first kappa shape index (κ1) is 16.3. The summed E-state index contributed by atoms with van der Waals surface area (Å²) < 4.78 is 40.8. The fraction of sp³-hybridized carbons (Fsp3) is 0.250. The molecule has 1 aromatic heterocycles. The van der Waals surface area contributed by atoms with Gasteiger partial charge in [-0.25, -0.2) is 22.5 Å². The lowest BCUT2D eigenvalue weighted by atomic mass is 10.2. The van der Waals surface area contributed by atoms with Gasteiger partial charge in [0.25, 0.3) is 0 Å². The molecule has 5 nitrogen and oxygen atoms in total. The number of hydrogen-bond acceptors (Lipinski definition) is 5. The number of rotatable bonds is 5. The third-order valence-corrected chi connectivity index (χ3v) is 5.23. The van der Waals surface area contributed by atoms with Gasteiger partial charge in [-0.1, -0.05) is 11.6 Å². The van der Waals surface area contributed by atoms with Gasteiger partial charge in [0.1, 0.15) is 10.7 Å². The number of nitrogens with zero attached hydrogens (tertiary/aromatic N) is 1. The fourth-order valence-corrected chi connectivity index (χ4v) is 3.97. The van der Waals surface area contributed by atoms with Crippen LogP contribution in [0, 0.1) is 12.7 Å². The number of halogens is 2. The van der Waals surface area contributed by atoms with E-state index in [9.17, 15) is 12.8 Å². The summed E-state index contributed by atoms with van der Waals surface area (Å²) in [5, 5.41) is 0.939. The summed E-state index contributed by atoms with van der Waals surface area (Å²) in [4.78, 5) is 4.25. The van der Waals surface area contributed by atoms with Gasteiger partial charge < -0.3 is 5.73 Å². The minimum atomic E-state index is -4.02. The highest BCUT2D eigenvalue weighted by molar-refractivity contribution is 7.89. The molecule has 114 valence electrons. The average Bonchev–Trinajstić information content (AvgIpc) is 2.84. The molecular formula is C12H13ClFN3O2S2. The Morgan fingerprint density at radius 3 is 2.76 bits per heavy atom. The van der Waals surface area contributed by atoms with Crippen LogP contribution in [0.4, 0.5) is 4.39 Å². The van der Waals surface area contributed by atoms with Crippen molar-refractivity contribution in [2.45, 2.75) is 24.9 Å². The highest BCUT2D eigenvalue weighted by Crippen LogP contribution is 2.24. The highest BCUT2D eigenvalue weighted by atomic mass is 35.5. The molecule has 0 aliphatic rings. The third kappa shape index (κ3) is 3.78. The van der Waals surface area contributed by atoms with E-state index in [1.54, 1.807) is 6.20 Å². The molecule has 3 N–H and O–H groups in total. The van der Waals surface area contributed by atoms with Crippen LogP contribution in [0.15, 0.2) is 23.2 Å². The second-order valence-corrected chi connectivity index (χ2v) is 7.74. The summed E-state index contributed by atoms with van der Waals surface area (Å²) >= 11 is 7.17. The Kier molecular flexibility index (Phi) is 4.95. The molecule has 0 saturated carbocycles. The van der Waals surface area contributed by atoms with E-state index in [0.29, 0.717) is 0 Å². The van der Waals surface area contributed by atoms with E-state index in [4.69, 9.17) is 17.3 Å². The summed E-state index contributed by atoms with van der Waals surface area (Å²) in [5.74, 6) is -0.880. The first-order valence-corrected chi connectivity index (χ1v) is 8.60. The van der Waals surface area contributed by atoms with Crippen molar-refractivity contribution in [2.75, 3.05) is 0 Å². The van der Waals surface area contributed by atoms with Crippen LogP contribution in [0.5, 0.6) is 0 Å². The van der Waals surface area contributed by atoms with Crippen molar-refractivity contribution in [3.05, 3.63) is 44.6 Å². The van der Waals surface area contributed by atoms with Crippen LogP contribution in [-0.4, -0.2) is 13.4 Å². The topological polar surface area (TPSA) is 85.1 Å². The van der Waals surface area contributed by atoms with Gasteiger partial charge in [0.15, 0.2) is 0 Å². The van der Waals surface area contributed by atoms with E-state index in [0.717, 1.165) is 16.0 Å². The maximum absolute atomic E-state index is 14.1. The van der Waals surface area contributed by atoms with Gasteiger partial charge in [-0.2, -0.15) is 0 Å². The Morgan fingerprint density at radius 1 is 1.48 bits per heavy atom. The van der Waals surface area contributed by atoms with Gasteiger partial charge in [-0.3, -0.25) is 0 Å². The Hall–Kier alpha value is -1.06. The van der Waals surface area contributed by atoms with Gasteiger partial charge in [0.05, 0.1) is 5.01 Å². The second-order valence-electron chi connectivity index (χ2n) is 4.25. The number of aryl methyl sites for hydroxylation is 1. The summed E-state index contributed by atoms with van der Waals surface area (Å²) in [5.41, 5.74) is 5.43. The predicted molar refractivity (Wildman–Crippen MR) is 80.2 cm³/mol. The summed E-state index contributed by atoms with van der Waals surface area (Å²) in [7, 11) is -4.02. The van der Waals surface area contributed by atoms with Crippen molar-refractivity contribution in [1.82, 2.24) is 9.71 Å². The zero-order valence-electron chi connectivity index (χ0n) is 11.1. The molecule has 2 rings (SSSR count). The van der Waals surface area contributed by atoms with Crippen molar-refractivity contribution in [2.24, 2.45) is 5.73 Å². The number of sulfonamides is 1. The van der Waals surface area contributed by atoms with Gasteiger partial charge in [-0.15, -0.1) is 11.3 Å². The van der Waals surface area contributed by atoms with E-state index in [-0.39, 0.29) is 23.7 Å². The molecule has 0 spiro atoms. The van der Waals surface area contributed by atoms with Gasteiger partial charge >= 0.3 is 0 Å². The van der Waals surface area contributed by atoms with Crippen molar-refractivity contribution >= 4 is 33.0 Å². The lowest BCUT2D eigenvalue weighted by Gasteiger charge is -2.10. The standard InChI is InChI=1S/C12H13ClFN3O2S2/c1-7-16-5-10(20-7)6-17-21(18,19)11-3-9(13)2-8(4-15)12(11)14/h2-3,5,17H,4,6,15H2,1H3. The number of hydrogen-bond donors (Lipinski definition) is 2. The molecule has 21 heavy (non-hydrogen) atoms. The summed E-state index contributed by atoms with van der Waals surface area (Å²) in [6, 6.07) is 2.37. The Labute approximate surface area is 131 Å². The maximum atomic E-state index is 14.1. The molecular weight excluding hydrogens is 337 g/mol. The second kappa shape index (κ2) is 6.37. The minimum Gasteiger partial charge on any atom is -0.326 e. The molecule has 0 radical (unpaired) electrons. The van der Waals surface area contributed by atoms with Crippen molar-refractivity contribution < 1.29 is 12.8 Å². The van der Waals surface area contributed by atoms with Gasteiger partial charge in [-0.05, 0) is 19.1 Å². The molecule has 0 unspecified atom stereocenters. The lowest BCUT2D eigenvalue weighted by Crippen LogP contribution is -2.24. The molecule has 0 saturated heterocycles. The first-order valence-electron chi connectivity index (χ1n) is 5.92. The number of aromatic nitrogens is 1. The zero-order chi connectivity index (χ0) is 15.6. The molecule has 1 heterocycles. The Balaban J connectivity index is 2.29. The quantitative estimate of drug-likeness (QED) is 0.866. The van der Waals surface area contributed by atoms with Crippen molar-refractivity contribution in [3.63, 3.8) is 0 Å². The van der Waals surface area contributed by atoms with E-state index in [1.165, 1.54) is 17.4 Å². The number of nitrogens with two attached hydrogens (primary N) is 1. The molecule has 0 amide bonds. The first-order chi connectivity index (χ1) is 9.83. The average molecular weight is 350 g/mol. The maximum Gasteiger partial charge on any atom is 0.243 e. The van der Waals surface area contributed by atoms with Gasteiger partial charge in [0, 0.05) is 34.7 Å². The van der Waals surface area contributed by atoms with Gasteiger partial charge in [0.2, 0.25) is 10.0 Å². The molecule has 2 aromatic rings. The zero-order valence-corrected chi connectivity index (χ0v) is 13.4. The summed E-state index contributed by atoms with van der Waals surface area (Å²) in [6.45, 7) is 1.72. The molecule has 0 fully saturated rings. The monoisotopic (exact) mass is 349 g/mol. The molecule has 0 bridgehead atoms. The molecule has 0 aliphatic heterocycles. The van der Waals surface area contributed by atoms with Crippen LogP contribution in [0.25, 0.3) is 0 Å². The molecule has 0 aliphatic carbocycles. The number of thiazole rings is 1.